The fourth-order valence-corrected chi connectivity index (χ4v) is 2.03. The monoisotopic (exact) mass is 235 g/mol. The molecule has 0 radical (unpaired) electrons. The number of allylic oxidation sites excluding steroid dienone is 2. The van der Waals surface area contributed by atoms with Gasteiger partial charge in [0.05, 0.1) is 0 Å². The lowest BCUT2D eigenvalue weighted by Crippen LogP contribution is -2.03. The van der Waals surface area contributed by atoms with Crippen molar-refractivity contribution in [2.45, 2.75) is 32.1 Å². The molecule has 0 atom stereocenters. The predicted octanol–water partition coefficient (Wildman–Crippen LogP) is 3.81. The largest absolute Gasteiger partial charge is 0.289 e. The third-order valence-electron chi connectivity index (χ3n) is 2.82. The summed E-state index contributed by atoms with van der Waals surface area (Å²) in [5, 5.41) is 0.423. The average Bonchev–Trinajstić information content (AvgIpc) is 2.57. The molecule has 0 saturated carbocycles. The highest BCUT2D eigenvalue weighted by Gasteiger charge is 2.13. The molecular formula is C13H14ClNO. The molecule has 0 fully saturated rings. The van der Waals surface area contributed by atoms with Crippen molar-refractivity contribution in [3.8, 4) is 0 Å². The number of halogens is 1. The number of carbonyl (C=O) groups excluding carboxylic acids is 1. The van der Waals surface area contributed by atoms with Gasteiger partial charge in [-0.1, -0.05) is 24.1 Å². The Kier molecular flexibility index (Phi) is 3.73. The molecule has 2 rings (SSSR count). The van der Waals surface area contributed by atoms with Crippen molar-refractivity contribution >= 4 is 17.4 Å². The van der Waals surface area contributed by atoms with Gasteiger partial charge in [-0.3, -0.25) is 4.79 Å². The normalized spacial score (nSPS) is 16.4. The highest BCUT2D eigenvalue weighted by molar-refractivity contribution is 6.29. The quantitative estimate of drug-likeness (QED) is 0.576. The van der Waals surface area contributed by atoms with Crippen LogP contribution in [0.15, 0.2) is 30.0 Å². The maximum Gasteiger partial charge on any atom is 0.190 e. The van der Waals surface area contributed by atoms with E-state index in [2.05, 4.69) is 11.1 Å². The molecule has 0 bridgehead atoms. The number of rotatable bonds is 2. The van der Waals surface area contributed by atoms with Crippen molar-refractivity contribution in [3.63, 3.8) is 0 Å². The maximum atomic E-state index is 12.1. The molecule has 3 heteroatoms. The van der Waals surface area contributed by atoms with Gasteiger partial charge in [-0.15, -0.1) is 0 Å². The third kappa shape index (κ3) is 2.70. The molecule has 0 N–H and O–H groups in total. The van der Waals surface area contributed by atoms with E-state index in [1.165, 1.54) is 12.8 Å². The molecule has 0 unspecified atom stereocenters. The summed E-state index contributed by atoms with van der Waals surface area (Å²) in [4.78, 5) is 16.0. The highest BCUT2D eigenvalue weighted by Crippen LogP contribution is 2.20. The van der Waals surface area contributed by atoms with Gasteiger partial charge >= 0.3 is 0 Å². The number of pyridine rings is 1. The summed E-state index contributed by atoms with van der Waals surface area (Å²) in [5.74, 6) is 0.103. The van der Waals surface area contributed by atoms with Gasteiger partial charge in [0, 0.05) is 11.8 Å². The number of hydrogen-bond donors (Lipinski definition) is 0. The standard InChI is InChI=1S/C13H14ClNO/c14-12-8-7-11(9-15-12)13(16)10-5-3-1-2-4-6-10/h5,7-9H,1-4,6H2. The Hall–Kier alpha value is -1.15. The molecule has 1 heterocycles. The van der Waals surface area contributed by atoms with Gasteiger partial charge in [0.15, 0.2) is 5.78 Å². The molecule has 2 nitrogen and oxygen atoms in total. The molecule has 16 heavy (non-hydrogen) atoms. The van der Waals surface area contributed by atoms with Gasteiger partial charge < -0.3 is 0 Å². The topological polar surface area (TPSA) is 30.0 Å². The van der Waals surface area contributed by atoms with Crippen LogP contribution in [0.5, 0.6) is 0 Å². The Labute approximate surface area is 100 Å². The second-order valence-corrected chi connectivity index (χ2v) is 4.41. The van der Waals surface area contributed by atoms with E-state index in [-0.39, 0.29) is 5.78 Å². The molecule has 0 saturated heterocycles. The SMILES string of the molecule is O=C(C1=CCCCCC1)c1ccc(Cl)nc1. The number of Topliss-reactive ketones (excluding diaryl/α,β-unsaturated/α-hetero) is 1. The summed E-state index contributed by atoms with van der Waals surface area (Å²) < 4.78 is 0. The van der Waals surface area contributed by atoms with Gasteiger partial charge in [-0.05, 0) is 43.4 Å². The zero-order valence-corrected chi connectivity index (χ0v) is 9.83. The van der Waals surface area contributed by atoms with Crippen molar-refractivity contribution < 1.29 is 4.79 Å². The van der Waals surface area contributed by atoms with E-state index in [4.69, 9.17) is 11.6 Å². The van der Waals surface area contributed by atoms with Crippen molar-refractivity contribution in [2.75, 3.05) is 0 Å². The highest BCUT2D eigenvalue weighted by atomic mass is 35.5. The fourth-order valence-electron chi connectivity index (χ4n) is 1.92. The molecule has 1 aliphatic carbocycles. The summed E-state index contributed by atoms with van der Waals surface area (Å²) >= 11 is 5.69. The Morgan fingerprint density at radius 1 is 1.25 bits per heavy atom. The van der Waals surface area contributed by atoms with Crippen LogP contribution in [0.3, 0.4) is 0 Å². The van der Waals surface area contributed by atoms with Crippen LogP contribution >= 0.6 is 11.6 Å². The number of aromatic nitrogens is 1. The van der Waals surface area contributed by atoms with Crippen LogP contribution in [0.1, 0.15) is 42.5 Å². The van der Waals surface area contributed by atoms with Crippen molar-refractivity contribution in [2.24, 2.45) is 0 Å². The van der Waals surface area contributed by atoms with Crippen LogP contribution in [0.2, 0.25) is 5.15 Å². The Bertz CT molecular complexity index is 408. The Morgan fingerprint density at radius 3 is 2.88 bits per heavy atom. The van der Waals surface area contributed by atoms with E-state index in [1.807, 2.05) is 0 Å². The summed E-state index contributed by atoms with van der Waals surface area (Å²) in [6.07, 6.45) is 9.05. The van der Waals surface area contributed by atoms with Crippen LogP contribution < -0.4 is 0 Å². The van der Waals surface area contributed by atoms with E-state index >= 15 is 0 Å². The first kappa shape index (κ1) is 11.3. The summed E-state index contributed by atoms with van der Waals surface area (Å²) in [6, 6.07) is 3.40. The second-order valence-electron chi connectivity index (χ2n) is 4.03. The van der Waals surface area contributed by atoms with Crippen LogP contribution in [-0.4, -0.2) is 10.8 Å². The van der Waals surface area contributed by atoms with Gasteiger partial charge in [0.1, 0.15) is 5.15 Å². The minimum absolute atomic E-state index is 0.103. The fraction of sp³-hybridized carbons (Fsp3) is 0.385. The van der Waals surface area contributed by atoms with Gasteiger partial charge in [0.2, 0.25) is 0 Å². The molecule has 0 amide bonds. The molecular weight excluding hydrogens is 222 g/mol. The van der Waals surface area contributed by atoms with E-state index in [1.54, 1.807) is 18.3 Å². The smallest absolute Gasteiger partial charge is 0.190 e. The van der Waals surface area contributed by atoms with E-state index in [9.17, 15) is 4.79 Å². The first-order valence-electron chi connectivity index (χ1n) is 5.62. The van der Waals surface area contributed by atoms with Crippen LogP contribution in [0, 0.1) is 0 Å². The molecule has 1 aromatic rings. The van der Waals surface area contributed by atoms with E-state index < -0.39 is 0 Å². The van der Waals surface area contributed by atoms with Crippen LogP contribution in [0.4, 0.5) is 0 Å². The molecule has 0 aliphatic heterocycles. The first-order valence-corrected chi connectivity index (χ1v) is 6.00. The van der Waals surface area contributed by atoms with Crippen LogP contribution in [0.25, 0.3) is 0 Å². The zero-order chi connectivity index (χ0) is 11.4. The molecule has 84 valence electrons. The minimum Gasteiger partial charge on any atom is -0.289 e. The first-order chi connectivity index (χ1) is 7.77. The molecule has 1 aromatic heterocycles. The van der Waals surface area contributed by atoms with Crippen molar-refractivity contribution in [3.05, 3.63) is 40.7 Å². The van der Waals surface area contributed by atoms with Crippen molar-refractivity contribution in [1.82, 2.24) is 4.98 Å². The third-order valence-corrected chi connectivity index (χ3v) is 3.05. The number of hydrogen-bond acceptors (Lipinski definition) is 2. The van der Waals surface area contributed by atoms with Gasteiger partial charge in [-0.25, -0.2) is 4.98 Å². The maximum absolute atomic E-state index is 12.1. The van der Waals surface area contributed by atoms with Crippen molar-refractivity contribution in [1.29, 1.82) is 0 Å². The average molecular weight is 236 g/mol. The number of ketones is 1. The van der Waals surface area contributed by atoms with Crippen LogP contribution in [-0.2, 0) is 0 Å². The second kappa shape index (κ2) is 5.26. The molecule has 0 spiro atoms. The number of nitrogens with zero attached hydrogens (tertiary/aromatic N) is 1. The predicted molar refractivity (Wildman–Crippen MR) is 64.7 cm³/mol. The lowest BCUT2D eigenvalue weighted by molar-refractivity contribution is 0.103. The minimum atomic E-state index is 0.103. The molecule has 1 aliphatic rings. The number of carbonyl (C=O) groups is 1. The lowest BCUT2D eigenvalue weighted by Gasteiger charge is -2.03. The summed E-state index contributed by atoms with van der Waals surface area (Å²) in [7, 11) is 0. The zero-order valence-electron chi connectivity index (χ0n) is 9.08. The summed E-state index contributed by atoms with van der Waals surface area (Å²) in [5.41, 5.74) is 1.57. The molecule has 0 aromatic carbocycles. The van der Waals surface area contributed by atoms with E-state index in [0.29, 0.717) is 10.7 Å². The van der Waals surface area contributed by atoms with Gasteiger partial charge in [-0.2, -0.15) is 0 Å². The Morgan fingerprint density at radius 2 is 2.12 bits per heavy atom. The lowest BCUT2D eigenvalue weighted by atomic mass is 10.0. The Balaban J connectivity index is 2.17. The van der Waals surface area contributed by atoms with E-state index in [0.717, 1.165) is 24.8 Å². The summed E-state index contributed by atoms with van der Waals surface area (Å²) in [6.45, 7) is 0. The van der Waals surface area contributed by atoms with Gasteiger partial charge in [0.25, 0.3) is 0 Å².